The fourth-order valence-corrected chi connectivity index (χ4v) is 3.65. The molecule has 0 radical (unpaired) electrons. The van der Waals surface area contributed by atoms with E-state index in [1.165, 1.54) is 32.4 Å². The van der Waals surface area contributed by atoms with E-state index in [9.17, 15) is 16.8 Å². The van der Waals surface area contributed by atoms with E-state index >= 15 is 0 Å². The number of hydrogen-bond acceptors (Lipinski definition) is 5. The fourth-order valence-electron chi connectivity index (χ4n) is 1.52. The van der Waals surface area contributed by atoms with Gasteiger partial charge in [0.2, 0.25) is 10.0 Å². The molecule has 20 heavy (non-hydrogen) atoms. The molecule has 1 rings (SSSR count). The van der Waals surface area contributed by atoms with E-state index in [4.69, 9.17) is 15.4 Å². The molecule has 0 atom stereocenters. The zero-order valence-corrected chi connectivity index (χ0v) is 13.5. The van der Waals surface area contributed by atoms with Crippen LogP contribution in [0.1, 0.15) is 6.42 Å². The Morgan fingerprint density at radius 2 is 1.80 bits per heavy atom. The number of hydrogen-bond donors (Lipinski definition) is 0. The van der Waals surface area contributed by atoms with Gasteiger partial charge < -0.3 is 4.74 Å². The van der Waals surface area contributed by atoms with Gasteiger partial charge in [-0.3, -0.25) is 0 Å². The molecule has 0 spiro atoms. The van der Waals surface area contributed by atoms with Crippen LogP contribution in [0.25, 0.3) is 0 Å². The van der Waals surface area contributed by atoms with E-state index in [0.29, 0.717) is 13.0 Å². The van der Waals surface area contributed by atoms with Crippen LogP contribution in [0.4, 0.5) is 0 Å². The molecule has 0 fully saturated rings. The third kappa shape index (κ3) is 4.42. The van der Waals surface area contributed by atoms with Crippen molar-refractivity contribution in [1.29, 1.82) is 0 Å². The van der Waals surface area contributed by atoms with Gasteiger partial charge in [0.25, 0.3) is 9.05 Å². The molecule has 0 saturated heterocycles. The van der Waals surface area contributed by atoms with Crippen LogP contribution in [0.2, 0.25) is 0 Å². The normalized spacial score (nSPS) is 12.8. The minimum absolute atomic E-state index is 0.112. The lowest BCUT2D eigenvalue weighted by molar-refractivity contribution is 0.189. The summed E-state index contributed by atoms with van der Waals surface area (Å²) in [6.45, 7) is 0.712. The van der Waals surface area contributed by atoms with E-state index in [2.05, 4.69) is 0 Å². The third-order valence-corrected chi connectivity index (χ3v) is 5.82. The lowest BCUT2D eigenvalue weighted by Crippen LogP contribution is -2.28. The standard InChI is InChI=1S/C11H16ClNO5S2/c1-13(7-4-8-18-2)20(16,17)11-6-3-5-10(9-11)19(12,14)15/h3,5-6,9H,4,7-8H2,1-2H3. The zero-order chi connectivity index (χ0) is 15.4. The summed E-state index contributed by atoms with van der Waals surface area (Å²) in [4.78, 5) is -0.357. The van der Waals surface area contributed by atoms with Crippen LogP contribution in [0.3, 0.4) is 0 Å². The first-order valence-electron chi connectivity index (χ1n) is 5.69. The van der Waals surface area contributed by atoms with Crippen LogP contribution in [-0.4, -0.2) is 48.4 Å². The van der Waals surface area contributed by atoms with Gasteiger partial charge in [0.15, 0.2) is 0 Å². The summed E-state index contributed by atoms with van der Waals surface area (Å²) in [6, 6.07) is 4.95. The second-order valence-electron chi connectivity index (χ2n) is 4.09. The topological polar surface area (TPSA) is 80.8 Å². The quantitative estimate of drug-likeness (QED) is 0.551. The highest BCUT2D eigenvalue weighted by Gasteiger charge is 2.22. The van der Waals surface area contributed by atoms with Crippen molar-refractivity contribution in [2.45, 2.75) is 16.2 Å². The van der Waals surface area contributed by atoms with E-state index < -0.39 is 19.1 Å². The lowest BCUT2D eigenvalue weighted by atomic mass is 10.4. The average Bonchev–Trinajstić information content (AvgIpc) is 2.38. The number of nitrogens with zero attached hydrogens (tertiary/aromatic N) is 1. The molecule has 0 aliphatic rings. The minimum Gasteiger partial charge on any atom is -0.385 e. The van der Waals surface area contributed by atoms with Gasteiger partial charge in [-0.05, 0) is 24.6 Å². The number of sulfonamides is 1. The second-order valence-corrected chi connectivity index (χ2v) is 8.70. The van der Waals surface area contributed by atoms with Gasteiger partial charge >= 0.3 is 0 Å². The van der Waals surface area contributed by atoms with Gasteiger partial charge in [-0.25, -0.2) is 21.1 Å². The summed E-state index contributed by atoms with van der Waals surface area (Å²) in [5, 5.41) is 0. The van der Waals surface area contributed by atoms with Crippen LogP contribution in [0.5, 0.6) is 0 Å². The molecule has 114 valence electrons. The van der Waals surface area contributed by atoms with Crippen molar-refractivity contribution >= 4 is 29.8 Å². The Morgan fingerprint density at radius 1 is 1.20 bits per heavy atom. The molecule has 0 N–H and O–H groups in total. The SMILES string of the molecule is COCCCN(C)S(=O)(=O)c1cccc(S(=O)(=O)Cl)c1. The van der Waals surface area contributed by atoms with Crippen molar-refractivity contribution in [3.8, 4) is 0 Å². The summed E-state index contributed by atoms with van der Waals surface area (Å²) in [7, 11) is 0.454. The van der Waals surface area contributed by atoms with Crippen molar-refractivity contribution in [2.75, 3.05) is 27.3 Å². The molecule has 0 aliphatic heterocycles. The Morgan fingerprint density at radius 3 is 2.35 bits per heavy atom. The summed E-state index contributed by atoms with van der Waals surface area (Å²) in [5.74, 6) is 0. The fraction of sp³-hybridized carbons (Fsp3) is 0.455. The number of methoxy groups -OCH3 is 1. The largest absolute Gasteiger partial charge is 0.385 e. The first-order valence-corrected chi connectivity index (χ1v) is 9.44. The van der Waals surface area contributed by atoms with Gasteiger partial charge in [-0.15, -0.1) is 0 Å². The van der Waals surface area contributed by atoms with Crippen LogP contribution < -0.4 is 0 Å². The first kappa shape index (κ1) is 17.4. The average molecular weight is 342 g/mol. The van der Waals surface area contributed by atoms with Crippen molar-refractivity contribution < 1.29 is 21.6 Å². The molecule has 1 aromatic carbocycles. The van der Waals surface area contributed by atoms with Crippen LogP contribution >= 0.6 is 10.7 Å². The zero-order valence-electron chi connectivity index (χ0n) is 11.1. The Bertz CT molecular complexity index is 657. The molecule has 0 unspecified atom stereocenters. The molecule has 0 heterocycles. The van der Waals surface area contributed by atoms with Crippen LogP contribution in [-0.2, 0) is 23.8 Å². The third-order valence-electron chi connectivity index (χ3n) is 2.62. The summed E-state index contributed by atoms with van der Waals surface area (Å²) in [6.07, 6.45) is 0.541. The van der Waals surface area contributed by atoms with Gasteiger partial charge in [-0.2, -0.15) is 0 Å². The van der Waals surface area contributed by atoms with Crippen molar-refractivity contribution in [1.82, 2.24) is 4.31 Å². The van der Waals surface area contributed by atoms with E-state index in [0.717, 1.165) is 10.4 Å². The lowest BCUT2D eigenvalue weighted by Gasteiger charge is -2.17. The maximum absolute atomic E-state index is 12.3. The molecule has 9 heteroatoms. The number of benzene rings is 1. The summed E-state index contributed by atoms with van der Waals surface area (Å²) < 4.78 is 53.0. The molecule has 1 aromatic rings. The van der Waals surface area contributed by atoms with Gasteiger partial charge in [-0.1, -0.05) is 6.07 Å². The Balaban J connectivity index is 3.04. The molecular formula is C11H16ClNO5S2. The monoisotopic (exact) mass is 341 g/mol. The Labute approximate surface area is 123 Å². The van der Waals surface area contributed by atoms with E-state index in [-0.39, 0.29) is 16.3 Å². The van der Waals surface area contributed by atoms with Crippen molar-refractivity contribution in [3.05, 3.63) is 24.3 Å². The Kier molecular flexibility index (Phi) is 5.96. The van der Waals surface area contributed by atoms with Gasteiger partial charge in [0, 0.05) is 38.0 Å². The molecule has 0 amide bonds. The van der Waals surface area contributed by atoms with Gasteiger partial charge in [0.1, 0.15) is 0 Å². The summed E-state index contributed by atoms with van der Waals surface area (Å²) in [5.41, 5.74) is 0. The predicted molar refractivity (Wildman–Crippen MR) is 75.8 cm³/mol. The second kappa shape index (κ2) is 6.86. The van der Waals surface area contributed by atoms with E-state index in [1.807, 2.05) is 0 Å². The van der Waals surface area contributed by atoms with E-state index in [1.54, 1.807) is 0 Å². The smallest absolute Gasteiger partial charge is 0.261 e. The predicted octanol–water partition coefficient (Wildman–Crippen LogP) is 1.27. The Hall–Kier alpha value is -0.670. The molecular weight excluding hydrogens is 326 g/mol. The highest BCUT2D eigenvalue weighted by molar-refractivity contribution is 8.13. The molecule has 0 bridgehead atoms. The summed E-state index contributed by atoms with van der Waals surface area (Å²) >= 11 is 0. The van der Waals surface area contributed by atoms with Gasteiger partial charge in [0.05, 0.1) is 9.79 Å². The maximum atomic E-state index is 12.3. The number of rotatable bonds is 7. The molecule has 0 saturated carbocycles. The van der Waals surface area contributed by atoms with Crippen LogP contribution in [0, 0.1) is 0 Å². The number of halogens is 1. The minimum atomic E-state index is -3.96. The molecule has 0 aliphatic carbocycles. The molecule has 0 aromatic heterocycles. The van der Waals surface area contributed by atoms with Crippen molar-refractivity contribution in [2.24, 2.45) is 0 Å². The first-order chi connectivity index (χ1) is 9.19. The molecule has 6 nitrogen and oxygen atoms in total. The van der Waals surface area contributed by atoms with Crippen LogP contribution in [0.15, 0.2) is 34.1 Å². The maximum Gasteiger partial charge on any atom is 0.261 e. The number of ether oxygens (including phenoxy) is 1. The van der Waals surface area contributed by atoms with Crippen molar-refractivity contribution in [3.63, 3.8) is 0 Å². The highest BCUT2D eigenvalue weighted by Crippen LogP contribution is 2.21. The highest BCUT2D eigenvalue weighted by atomic mass is 35.7.